The number of hydrogen-bond acceptors (Lipinski definition) is 3. The molecule has 1 heterocycles. The lowest BCUT2D eigenvalue weighted by atomic mass is 10.2. The fraction of sp³-hybridized carbons (Fsp3) is 0.800. The van der Waals surface area contributed by atoms with Gasteiger partial charge in [-0.15, -0.1) is 16.7 Å². The SMILES string of the molecule is CCCc1c(CCl)nnn1CCN(C)C. The fourth-order valence-corrected chi connectivity index (χ4v) is 1.66. The van der Waals surface area contributed by atoms with E-state index in [0.717, 1.165) is 31.6 Å². The first-order chi connectivity index (χ1) is 7.19. The van der Waals surface area contributed by atoms with Crippen LogP contribution in [-0.2, 0) is 18.8 Å². The van der Waals surface area contributed by atoms with E-state index in [0.29, 0.717) is 5.88 Å². The van der Waals surface area contributed by atoms with Gasteiger partial charge in [0.05, 0.1) is 18.1 Å². The van der Waals surface area contributed by atoms with Gasteiger partial charge in [0.25, 0.3) is 0 Å². The molecule has 4 nitrogen and oxygen atoms in total. The van der Waals surface area contributed by atoms with Crippen molar-refractivity contribution in [2.45, 2.75) is 32.2 Å². The van der Waals surface area contributed by atoms with E-state index in [4.69, 9.17) is 11.6 Å². The minimum absolute atomic E-state index is 0.456. The van der Waals surface area contributed by atoms with Crippen molar-refractivity contribution in [3.8, 4) is 0 Å². The Morgan fingerprint density at radius 3 is 2.67 bits per heavy atom. The number of rotatable bonds is 6. The molecule has 0 aromatic carbocycles. The lowest BCUT2D eigenvalue weighted by Gasteiger charge is -2.11. The second-order valence-corrected chi connectivity index (χ2v) is 4.16. The zero-order chi connectivity index (χ0) is 11.3. The van der Waals surface area contributed by atoms with Crippen molar-refractivity contribution in [3.63, 3.8) is 0 Å². The number of nitrogens with zero attached hydrogens (tertiary/aromatic N) is 4. The van der Waals surface area contributed by atoms with Gasteiger partial charge >= 0.3 is 0 Å². The largest absolute Gasteiger partial charge is 0.308 e. The van der Waals surface area contributed by atoms with Crippen LogP contribution in [0.4, 0.5) is 0 Å². The maximum absolute atomic E-state index is 5.82. The molecule has 0 fully saturated rings. The molecule has 15 heavy (non-hydrogen) atoms. The Balaban J connectivity index is 2.72. The molecule has 0 saturated heterocycles. The molecule has 5 heteroatoms. The summed E-state index contributed by atoms with van der Waals surface area (Å²) in [6.07, 6.45) is 2.10. The van der Waals surface area contributed by atoms with Crippen molar-refractivity contribution in [3.05, 3.63) is 11.4 Å². The molecule has 1 aromatic rings. The average Bonchev–Trinajstić information content (AvgIpc) is 2.58. The van der Waals surface area contributed by atoms with Crippen LogP contribution in [0, 0.1) is 0 Å². The molecular weight excluding hydrogens is 212 g/mol. The summed E-state index contributed by atoms with van der Waals surface area (Å²) in [6.45, 7) is 4.01. The van der Waals surface area contributed by atoms with Crippen molar-refractivity contribution in [1.82, 2.24) is 19.9 Å². The smallest absolute Gasteiger partial charge is 0.101 e. The van der Waals surface area contributed by atoms with Gasteiger partial charge in [0.15, 0.2) is 0 Å². The third-order valence-electron chi connectivity index (χ3n) is 2.29. The van der Waals surface area contributed by atoms with Gasteiger partial charge in [-0.3, -0.25) is 0 Å². The Kier molecular flexibility index (Phi) is 5.05. The molecule has 0 N–H and O–H groups in total. The van der Waals surface area contributed by atoms with E-state index in [2.05, 4.69) is 36.2 Å². The molecule has 0 unspecified atom stereocenters. The highest BCUT2D eigenvalue weighted by atomic mass is 35.5. The molecule has 1 aromatic heterocycles. The van der Waals surface area contributed by atoms with Crippen LogP contribution in [0.2, 0.25) is 0 Å². The van der Waals surface area contributed by atoms with E-state index < -0.39 is 0 Å². The number of hydrogen-bond donors (Lipinski definition) is 0. The summed E-state index contributed by atoms with van der Waals surface area (Å²) in [4.78, 5) is 2.14. The van der Waals surface area contributed by atoms with Gasteiger partial charge in [-0.1, -0.05) is 18.6 Å². The van der Waals surface area contributed by atoms with Crippen LogP contribution in [0.15, 0.2) is 0 Å². The maximum Gasteiger partial charge on any atom is 0.101 e. The first-order valence-electron chi connectivity index (χ1n) is 5.31. The molecule has 0 atom stereocenters. The van der Waals surface area contributed by atoms with Crippen LogP contribution in [-0.4, -0.2) is 40.5 Å². The number of likely N-dealkylation sites (N-methyl/N-ethyl adjacent to an activating group) is 1. The normalized spacial score (nSPS) is 11.3. The van der Waals surface area contributed by atoms with Crippen molar-refractivity contribution in [1.29, 1.82) is 0 Å². The quantitative estimate of drug-likeness (QED) is 0.696. The minimum atomic E-state index is 0.456. The average molecular weight is 231 g/mol. The number of alkyl halides is 1. The molecule has 0 saturated carbocycles. The van der Waals surface area contributed by atoms with Crippen LogP contribution >= 0.6 is 11.6 Å². The molecule has 0 aliphatic carbocycles. The summed E-state index contributed by atoms with van der Waals surface area (Å²) in [7, 11) is 4.11. The summed E-state index contributed by atoms with van der Waals surface area (Å²) in [6, 6.07) is 0. The van der Waals surface area contributed by atoms with Crippen molar-refractivity contribution < 1.29 is 0 Å². The highest BCUT2D eigenvalue weighted by molar-refractivity contribution is 6.16. The molecule has 0 amide bonds. The van der Waals surface area contributed by atoms with Gasteiger partial charge in [0.2, 0.25) is 0 Å². The van der Waals surface area contributed by atoms with E-state index in [1.54, 1.807) is 0 Å². The highest BCUT2D eigenvalue weighted by Gasteiger charge is 2.10. The fourth-order valence-electron chi connectivity index (χ4n) is 1.46. The van der Waals surface area contributed by atoms with Gasteiger partial charge in [-0.05, 0) is 20.5 Å². The molecule has 1 rings (SSSR count). The third kappa shape index (κ3) is 3.47. The van der Waals surface area contributed by atoms with Gasteiger partial charge < -0.3 is 4.90 Å². The maximum atomic E-state index is 5.82. The van der Waals surface area contributed by atoms with E-state index in [-0.39, 0.29) is 0 Å². The molecule has 0 spiro atoms. The lowest BCUT2D eigenvalue weighted by Crippen LogP contribution is -2.20. The van der Waals surface area contributed by atoms with Crippen LogP contribution in [0.5, 0.6) is 0 Å². The Hall–Kier alpha value is -0.610. The van der Waals surface area contributed by atoms with Crippen molar-refractivity contribution >= 4 is 11.6 Å². The summed E-state index contributed by atoms with van der Waals surface area (Å²) in [5.74, 6) is 0.456. The van der Waals surface area contributed by atoms with E-state index in [1.165, 1.54) is 5.69 Å². The second-order valence-electron chi connectivity index (χ2n) is 3.89. The van der Waals surface area contributed by atoms with Crippen LogP contribution in [0.1, 0.15) is 24.7 Å². The molecule has 0 aliphatic heterocycles. The molecule has 0 aliphatic rings. The zero-order valence-corrected chi connectivity index (χ0v) is 10.5. The van der Waals surface area contributed by atoms with Gasteiger partial charge in [0.1, 0.15) is 5.69 Å². The number of halogens is 1. The first-order valence-corrected chi connectivity index (χ1v) is 5.84. The van der Waals surface area contributed by atoms with Crippen LogP contribution in [0.25, 0.3) is 0 Å². The summed E-state index contributed by atoms with van der Waals surface area (Å²) < 4.78 is 1.97. The first kappa shape index (κ1) is 12.5. The summed E-state index contributed by atoms with van der Waals surface area (Å²) in [5.41, 5.74) is 2.12. The van der Waals surface area contributed by atoms with Crippen molar-refractivity contribution in [2.24, 2.45) is 0 Å². The zero-order valence-electron chi connectivity index (χ0n) is 9.70. The third-order valence-corrected chi connectivity index (χ3v) is 2.54. The molecule has 86 valence electrons. The Morgan fingerprint density at radius 1 is 1.40 bits per heavy atom. The topological polar surface area (TPSA) is 34.0 Å². The molecule has 0 radical (unpaired) electrons. The Labute approximate surface area is 96.2 Å². The number of aromatic nitrogens is 3. The van der Waals surface area contributed by atoms with Gasteiger partial charge in [-0.2, -0.15) is 0 Å². The second kappa shape index (κ2) is 6.08. The predicted molar refractivity (Wildman–Crippen MR) is 62.1 cm³/mol. The van der Waals surface area contributed by atoms with Crippen molar-refractivity contribution in [2.75, 3.05) is 20.6 Å². The predicted octanol–water partition coefficient (Wildman–Crippen LogP) is 1.53. The highest BCUT2D eigenvalue weighted by Crippen LogP contribution is 2.10. The van der Waals surface area contributed by atoms with Crippen LogP contribution in [0.3, 0.4) is 0 Å². The van der Waals surface area contributed by atoms with E-state index in [1.807, 2.05) is 4.68 Å². The van der Waals surface area contributed by atoms with Gasteiger partial charge in [-0.25, -0.2) is 4.68 Å². The summed E-state index contributed by atoms with van der Waals surface area (Å²) >= 11 is 5.82. The summed E-state index contributed by atoms with van der Waals surface area (Å²) in [5, 5.41) is 8.23. The Bertz CT molecular complexity index is 296. The lowest BCUT2D eigenvalue weighted by molar-refractivity contribution is 0.366. The monoisotopic (exact) mass is 230 g/mol. The van der Waals surface area contributed by atoms with Gasteiger partial charge in [0, 0.05) is 6.54 Å². The van der Waals surface area contributed by atoms with Crippen LogP contribution < -0.4 is 0 Å². The van der Waals surface area contributed by atoms with E-state index in [9.17, 15) is 0 Å². The molecular formula is C10H19ClN4. The Morgan fingerprint density at radius 2 is 2.13 bits per heavy atom. The van der Waals surface area contributed by atoms with E-state index >= 15 is 0 Å². The standard InChI is InChI=1S/C10H19ClN4/c1-4-5-10-9(8-11)12-13-15(10)7-6-14(2)3/h4-8H2,1-3H3. The minimum Gasteiger partial charge on any atom is -0.308 e. The molecule has 0 bridgehead atoms.